The number of hydrogen-bond donors (Lipinski definition) is 2. The number of ether oxygens (including phenoxy) is 1. The Balaban J connectivity index is 1.81. The number of amides is 2. The van der Waals surface area contributed by atoms with E-state index in [0.29, 0.717) is 11.7 Å². The minimum absolute atomic E-state index is 0.182. The molecule has 0 bridgehead atoms. The fourth-order valence-electron chi connectivity index (χ4n) is 1.81. The van der Waals surface area contributed by atoms with Gasteiger partial charge in [0.1, 0.15) is 12.1 Å². The molecule has 0 radical (unpaired) electrons. The van der Waals surface area contributed by atoms with Crippen LogP contribution < -0.4 is 15.4 Å². The molecule has 6 nitrogen and oxygen atoms in total. The van der Waals surface area contributed by atoms with Crippen molar-refractivity contribution in [3.05, 3.63) is 12.4 Å². The Morgan fingerprint density at radius 3 is 3.00 bits per heavy atom. The third-order valence-electron chi connectivity index (χ3n) is 2.85. The monoisotopic (exact) mass is 250 g/mol. The average molecular weight is 250 g/mol. The summed E-state index contributed by atoms with van der Waals surface area (Å²) < 4.78 is 4.96. The van der Waals surface area contributed by atoms with Gasteiger partial charge in [-0.2, -0.15) is 0 Å². The molecule has 6 heteroatoms. The van der Waals surface area contributed by atoms with E-state index in [4.69, 9.17) is 4.74 Å². The van der Waals surface area contributed by atoms with Gasteiger partial charge < -0.3 is 10.1 Å². The number of aromatic nitrogens is 2. The molecule has 1 aliphatic carbocycles. The zero-order valence-corrected chi connectivity index (χ0v) is 10.6. The quantitative estimate of drug-likeness (QED) is 0.835. The number of nitrogens with one attached hydrogen (secondary N) is 2. The Bertz CT molecular complexity index is 420. The first-order chi connectivity index (χ1) is 8.67. The van der Waals surface area contributed by atoms with Crippen LogP contribution in [0.15, 0.2) is 12.4 Å². The second-order valence-corrected chi connectivity index (χ2v) is 4.62. The van der Waals surface area contributed by atoms with Crippen LogP contribution in [0.3, 0.4) is 0 Å². The smallest absolute Gasteiger partial charge is 0.320 e. The summed E-state index contributed by atoms with van der Waals surface area (Å²) in [7, 11) is 1.52. The largest absolute Gasteiger partial charge is 0.481 e. The van der Waals surface area contributed by atoms with Crippen LogP contribution >= 0.6 is 0 Å². The Hall–Kier alpha value is -1.85. The highest BCUT2D eigenvalue weighted by atomic mass is 16.5. The van der Waals surface area contributed by atoms with Gasteiger partial charge in [0.15, 0.2) is 0 Å². The minimum Gasteiger partial charge on any atom is -0.481 e. The van der Waals surface area contributed by atoms with E-state index in [-0.39, 0.29) is 12.1 Å². The Morgan fingerprint density at radius 2 is 2.33 bits per heavy atom. The van der Waals surface area contributed by atoms with E-state index in [1.807, 2.05) is 6.92 Å². The first kappa shape index (κ1) is 12.6. The second-order valence-electron chi connectivity index (χ2n) is 4.62. The Labute approximate surface area is 106 Å². The van der Waals surface area contributed by atoms with E-state index in [2.05, 4.69) is 20.6 Å². The molecule has 2 rings (SSSR count). The summed E-state index contributed by atoms with van der Waals surface area (Å²) in [5.41, 5.74) is 0. The lowest BCUT2D eigenvalue weighted by Gasteiger charge is -2.13. The molecule has 1 aromatic heterocycles. The van der Waals surface area contributed by atoms with Crippen LogP contribution in [0.4, 0.5) is 10.6 Å². The van der Waals surface area contributed by atoms with Crippen molar-refractivity contribution < 1.29 is 9.53 Å². The van der Waals surface area contributed by atoms with Gasteiger partial charge in [-0.1, -0.05) is 12.8 Å². The van der Waals surface area contributed by atoms with E-state index < -0.39 is 0 Å². The van der Waals surface area contributed by atoms with Gasteiger partial charge in [-0.05, 0) is 19.3 Å². The molecule has 1 fully saturated rings. The van der Waals surface area contributed by atoms with Crippen LogP contribution in [0.1, 0.15) is 26.2 Å². The molecule has 98 valence electrons. The molecule has 1 heterocycles. The van der Waals surface area contributed by atoms with Crippen molar-refractivity contribution in [1.29, 1.82) is 0 Å². The second kappa shape index (κ2) is 5.66. The van der Waals surface area contributed by atoms with Gasteiger partial charge in [-0.3, -0.25) is 5.32 Å². The molecule has 1 aromatic rings. The van der Waals surface area contributed by atoms with E-state index >= 15 is 0 Å². The molecule has 2 amide bonds. The van der Waals surface area contributed by atoms with Crippen molar-refractivity contribution in [3.63, 3.8) is 0 Å². The van der Waals surface area contributed by atoms with Crippen LogP contribution in [-0.4, -0.2) is 29.2 Å². The number of urea groups is 1. The van der Waals surface area contributed by atoms with Gasteiger partial charge in [0.2, 0.25) is 5.88 Å². The van der Waals surface area contributed by atoms with Crippen LogP contribution in [0, 0.1) is 5.92 Å². The molecule has 18 heavy (non-hydrogen) atoms. The summed E-state index contributed by atoms with van der Waals surface area (Å²) in [6.07, 6.45) is 4.97. The molecule has 0 saturated heterocycles. The fourth-order valence-corrected chi connectivity index (χ4v) is 1.81. The van der Waals surface area contributed by atoms with E-state index in [1.54, 1.807) is 6.07 Å². The first-order valence-electron chi connectivity index (χ1n) is 6.11. The van der Waals surface area contributed by atoms with E-state index in [0.717, 1.165) is 12.3 Å². The molecule has 1 aliphatic rings. The number of carbonyl (C=O) groups is 1. The maximum absolute atomic E-state index is 11.7. The summed E-state index contributed by atoms with van der Waals surface area (Å²) in [6, 6.07) is 1.51. The number of carbonyl (C=O) groups excluding carboxylic acids is 1. The van der Waals surface area contributed by atoms with Crippen LogP contribution in [0.25, 0.3) is 0 Å². The zero-order valence-electron chi connectivity index (χ0n) is 10.6. The third kappa shape index (κ3) is 3.87. The number of nitrogens with zero attached hydrogens (tertiary/aromatic N) is 2. The normalized spacial score (nSPS) is 15.9. The fraction of sp³-hybridized carbons (Fsp3) is 0.583. The molecule has 0 aliphatic heterocycles. The van der Waals surface area contributed by atoms with Gasteiger partial charge in [0.05, 0.1) is 7.11 Å². The van der Waals surface area contributed by atoms with Gasteiger partial charge in [0, 0.05) is 12.1 Å². The van der Waals surface area contributed by atoms with Gasteiger partial charge >= 0.3 is 6.03 Å². The number of hydrogen-bond acceptors (Lipinski definition) is 4. The van der Waals surface area contributed by atoms with E-state index in [9.17, 15) is 4.79 Å². The minimum atomic E-state index is -0.246. The van der Waals surface area contributed by atoms with Crippen molar-refractivity contribution in [3.8, 4) is 5.88 Å². The molecular formula is C12H18N4O2. The van der Waals surface area contributed by atoms with Crippen molar-refractivity contribution >= 4 is 11.8 Å². The van der Waals surface area contributed by atoms with Crippen molar-refractivity contribution in [2.75, 3.05) is 12.4 Å². The highest BCUT2D eigenvalue weighted by molar-refractivity contribution is 5.88. The average Bonchev–Trinajstić information content (AvgIpc) is 3.12. The lowest BCUT2D eigenvalue weighted by Crippen LogP contribution is -2.36. The van der Waals surface area contributed by atoms with Gasteiger partial charge in [-0.15, -0.1) is 0 Å². The van der Waals surface area contributed by atoms with E-state index in [1.165, 1.54) is 26.3 Å². The lowest BCUT2D eigenvalue weighted by molar-refractivity contribution is 0.248. The molecule has 2 N–H and O–H groups in total. The highest BCUT2D eigenvalue weighted by Crippen LogP contribution is 2.33. The number of rotatable bonds is 5. The predicted octanol–water partition coefficient (Wildman–Crippen LogP) is 1.80. The Kier molecular flexibility index (Phi) is 3.96. The molecule has 0 spiro atoms. The molecule has 0 aromatic carbocycles. The summed E-state index contributed by atoms with van der Waals surface area (Å²) in [5, 5.41) is 5.55. The molecule has 1 saturated carbocycles. The standard InChI is InChI=1S/C12H18N4O2/c1-8(5-9-3-4-9)15-12(17)16-10-6-11(18-2)14-7-13-10/h6-9H,3-5H2,1-2H3,(H2,13,14,15,16,17). The zero-order chi connectivity index (χ0) is 13.0. The number of anilines is 1. The van der Waals surface area contributed by atoms with Gasteiger partial charge in [-0.25, -0.2) is 14.8 Å². The van der Waals surface area contributed by atoms with Crippen LogP contribution in [0.2, 0.25) is 0 Å². The molecule has 1 atom stereocenters. The number of methoxy groups -OCH3 is 1. The van der Waals surface area contributed by atoms with Crippen molar-refractivity contribution in [2.24, 2.45) is 5.92 Å². The molecular weight excluding hydrogens is 232 g/mol. The summed E-state index contributed by atoms with van der Waals surface area (Å²) in [4.78, 5) is 19.5. The lowest BCUT2D eigenvalue weighted by atomic mass is 10.2. The summed E-state index contributed by atoms with van der Waals surface area (Å²) in [5.74, 6) is 1.64. The third-order valence-corrected chi connectivity index (χ3v) is 2.85. The van der Waals surface area contributed by atoms with Crippen LogP contribution in [0.5, 0.6) is 5.88 Å². The van der Waals surface area contributed by atoms with Crippen molar-refractivity contribution in [2.45, 2.75) is 32.2 Å². The van der Waals surface area contributed by atoms with Gasteiger partial charge in [0.25, 0.3) is 0 Å². The maximum Gasteiger partial charge on any atom is 0.320 e. The summed E-state index contributed by atoms with van der Waals surface area (Å²) in [6.45, 7) is 2.01. The Morgan fingerprint density at radius 1 is 1.56 bits per heavy atom. The molecule has 1 unspecified atom stereocenters. The summed E-state index contributed by atoms with van der Waals surface area (Å²) >= 11 is 0. The SMILES string of the molecule is COc1cc(NC(=O)NC(C)CC2CC2)ncn1. The van der Waals surface area contributed by atoms with Crippen molar-refractivity contribution in [1.82, 2.24) is 15.3 Å². The maximum atomic E-state index is 11.7. The first-order valence-corrected chi connectivity index (χ1v) is 6.11. The highest BCUT2D eigenvalue weighted by Gasteiger charge is 2.24. The predicted molar refractivity (Wildman–Crippen MR) is 67.5 cm³/mol. The van der Waals surface area contributed by atoms with Crippen LogP contribution in [-0.2, 0) is 0 Å². The topological polar surface area (TPSA) is 76.1 Å².